The predicted molar refractivity (Wildman–Crippen MR) is 93.3 cm³/mol. The number of aliphatic hydroxyl groups excluding tert-OH is 1. The first kappa shape index (κ1) is 22.0. The molecule has 0 aliphatic carbocycles. The lowest BCUT2D eigenvalue weighted by Crippen LogP contribution is -1.83. The van der Waals surface area contributed by atoms with Gasteiger partial charge in [-0.05, 0) is 32.1 Å². The molecular formula is C19H40O. The van der Waals surface area contributed by atoms with Gasteiger partial charge in [0.05, 0.1) is 0 Å². The molecular weight excluding hydrogens is 244 g/mol. The van der Waals surface area contributed by atoms with E-state index in [-0.39, 0.29) is 7.43 Å². The van der Waals surface area contributed by atoms with Crippen molar-refractivity contribution in [2.24, 2.45) is 0 Å². The van der Waals surface area contributed by atoms with Gasteiger partial charge in [0.15, 0.2) is 0 Å². The van der Waals surface area contributed by atoms with Gasteiger partial charge in [0.1, 0.15) is 0 Å². The van der Waals surface area contributed by atoms with Gasteiger partial charge in [-0.1, -0.05) is 84.3 Å². The molecule has 0 unspecified atom stereocenters. The zero-order valence-electron chi connectivity index (χ0n) is 13.2. The first-order valence-corrected chi connectivity index (χ1v) is 8.67. The summed E-state index contributed by atoms with van der Waals surface area (Å²) in [4.78, 5) is 0. The van der Waals surface area contributed by atoms with Gasteiger partial charge in [-0.2, -0.15) is 0 Å². The van der Waals surface area contributed by atoms with Crippen LogP contribution in [0.3, 0.4) is 0 Å². The van der Waals surface area contributed by atoms with Crippen molar-refractivity contribution in [2.45, 2.75) is 104 Å². The van der Waals surface area contributed by atoms with Gasteiger partial charge in [0.25, 0.3) is 0 Å². The van der Waals surface area contributed by atoms with Crippen molar-refractivity contribution in [1.82, 2.24) is 0 Å². The minimum Gasteiger partial charge on any atom is -0.396 e. The van der Waals surface area contributed by atoms with E-state index in [9.17, 15) is 0 Å². The molecule has 0 aromatic rings. The Labute approximate surface area is 128 Å². The normalized spacial score (nSPS) is 10.9. The van der Waals surface area contributed by atoms with Crippen LogP contribution in [0.4, 0.5) is 0 Å². The van der Waals surface area contributed by atoms with E-state index in [1.807, 2.05) is 0 Å². The van der Waals surface area contributed by atoms with E-state index in [0.717, 1.165) is 6.42 Å². The van der Waals surface area contributed by atoms with Gasteiger partial charge in [-0.25, -0.2) is 0 Å². The lowest BCUT2D eigenvalue weighted by Gasteiger charge is -1.99. The van der Waals surface area contributed by atoms with Crippen LogP contribution in [0, 0.1) is 0 Å². The monoisotopic (exact) mass is 284 g/mol. The predicted octanol–water partition coefficient (Wildman–Crippen LogP) is 6.65. The molecule has 0 fully saturated rings. The molecule has 0 aliphatic rings. The lowest BCUT2D eigenvalue weighted by molar-refractivity contribution is 0.282. The first-order chi connectivity index (χ1) is 9.41. The fourth-order valence-electron chi connectivity index (χ4n) is 2.36. The van der Waals surface area contributed by atoms with Crippen LogP contribution in [0.15, 0.2) is 12.2 Å². The standard InChI is InChI=1S/C18H36O.CH4/c1-2-3-4-5-6-7-8-9-10-11-12-13-14-15-16-17-18-19;/h9-10,19H,2-8,11-18H2,1H3;1H4/b10-9-;. The van der Waals surface area contributed by atoms with Crippen molar-refractivity contribution in [3.05, 3.63) is 12.2 Å². The van der Waals surface area contributed by atoms with Crippen LogP contribution in [-0.2, 0) is 0 Å². The maximum absolute atomic E-state index is 8.66. The molecule has 0 saturated carbocycles. The number of hydrogen-bond acceptors (Lipinski definition) is 1. The summed E-state index contributed by atoms with van der Waals surface area (Å²) in [6.07, 6.45) is 23.2. The molecule has 1 N–H and O–H groups in total. The van der Waals surface area contributed by atoms with Crippen LogP contribution in [0.1, 0.15) is 104 Å². The Balaban J connectivity index is 0. The molecule has 0 heterocycles. The summed E-state index contributed by atoms with van der Waals surface area (Å²) >= 11 is 0. The van der Waals surface area contributed by atoms with Gasteiger partial charge in [0.2, 0.25) is 0 Å². The quantitative estimate of drug-likeness (QED) is 0.263. The summed E-state index contributed by atoms with van der Waals surface area (Å²) in [6, 6.07) is 0. The van der Waals surface area contributed by atoms with Crippen LogP contribution in [-0.4, -0.2) is 11.7 Å². The third-order valence-electron chi connectivity index (χ3n) is 3.67. The number of aliphatic hydroxyl groups is 1. The number of hydrogen-bond donors (Lipinski definition) is 1. The van der Waals surface area contributed by atoms with Crippen LogP contribution in [0.5, 0.6) is 0 Å². The average Bonchev–Trinajstić information content (AvgIpc) is 2.43. The second kappa shape index (κ2) is 21.0. The SMILES string of the molecule is C.CCCCCCCC/C=C\CCCCCCCCO. The Hall–Kier alpha value is -0.300. The molecule has 0 aromatic heterocycles. The number of unbranched alkanes of at least 4 members (excludes halogenated alkanes) is 12. The zero-order chi connectivity index (χ0) is 14.0. The highest BCUT2D eigenvalue weighted by molar-refractivity contribution is 4.81. The molecule has 0 rings (SSSR count). The molecule has 122 valence electrons. The summed E-state index contributed by atoms with van der Waals surface area (Å²) in [5.41, 5.74) is 0. The summed E-state index contributed by atoms with van der Waals surface area (Å²) in [7, 11) is 0. The molecule has 0 aliphatic heterocycles. The Morgan fingerprint density at radius 2 is 1.00 bits per heavy atom. The van der Waals surface area contributed by atoms with Crippen molar-refractivity contribution >= 4 is 0 Å². The topological polar surface area (TPSA) is 20.2 Å². The van der Waals surface area contributed by atoms with Gasteiger partial charge in [0, 0.05) is 6.61 Å². The first-order valence-electron chi connectivity index (χ1n) is 8.67. The van der Waals surface area contributed by atoms with E-state index in [2.05, 4.69) is 19.1 Å². The van der Waals surface area contributed by atoms with Gasteiger partial charge in [-0.3, -0.25) is 0 Å². The van der Waals surface area contributed by atoms with E-state index >= 15 is 0 Å². The minimum absolute atomic E-state index is 0. The minimum atomic E-state index is 0. The van der Waals surface area contributed by atoms with Gasteiger partial charge >= 0.3 is 0 Å². The average molecular weight is 285 g/mol. The van der Waals surface area contributed by atoms with Gasteiger partial charge in [-0.15, -0.1) is 0 Å². The molecule has 0 atom stereocenters. The highest BCUT2D eigenvalue weighted by Gasteiger charge is 1.90. The maximum Gasteiger partial charge on any atom is 0.0431 e. The van der Waals surface area contributed by atoms with E-state index < -0.39 is 0 Å². The molecule has 0 amide bonds. The van der Waals surface area contributed by atoms with Crippen LogP contribution < -0.4 is 0 Å². The van der Waals surface area contributed by atoms with Crippen molar-refractivity contribution in [3.8, 4) is 0 Å². The fraction of sp³-hybridized carbons (Fsp3) is 0.895. The molecule has 0 radical (unpaired) electrons. The van der Waals surface area contributed by atoms with Crippen molar-refractivity contribution in [2.75, 3.05) is 6.61 Å². The second-order valence-electron chi connectivity index (χ2n) is 5.66. The molecule has 0 spiro atoms. The second-order valence-corrected chi connectivity index (χ2v) is 5.66. The number of rotatable bonds is 15. The van der Waals surface area contributed by atoms with E-state index in [1.165, 1.54) is 83.5 Å². The third-order valence-corrected chi connectivity index (χ3v) is 3.67. The molecule has 1 heteroatoms. The molecule has 1 nitrogen and oxygen atoms in total. The van der Waals surface area contributed by atoms with Crippen LogP contribution in [0.2, 0.25) is 0 Å². The molecule has 0 saturated heterocycles. The van der Waals surface area contributed by atoms with Crippen LogP contribution >= 0.6 is 0 Å². The molecule has 0 bridgehead atoms. The largest absolute Gasteiger partial charge is 0.396 e. The van der Waals surface area contributed by atoms with E-state index in [0.29, 0.717) is 6.61 Å². The summed E-state index contributed by atoms with van der Waals surface area (Å²) in [6.45, 7) is 2.64. The van der Waals surface area contributed by atoms with Crippen molar-refractivity contribution < 1.29 is 5.11 Å². The fourth-order valence-corrected chi connectivity index (χ4v) is 2.36. The van der Waals surface area contributed by atoms with Crippen LogP contribution in [0.25, 0.3) is 0 Å². The molecule has 0 aromatic carbocycles. The smallest absolute Gasteiger partial charge is 0.0431 e. The highest BCUT2D eigenvalue weighted by Crippen LogP contribution is 2.09. The van der Waals surface area contributed by atoms with E-state index in [4.69, 9.17) is 5.11 Å². The Morgan fingerprint density at radius 3 is 1.45 bits per heavy atom. The Morgan fingerprint density at radius 1 is 0.600 bits per heavy atom. The Bertz CT molecular complexity index is 175. The van der Waals surface area contributed by atoms with Crippen molar-refractivity contribution in [1.29, 1.82) is 0 Å². The highest BCUT2D eigenvalue weighted by atomic mass is 16.2. The Kier molecular flexibility index (Phi) is 23.1. The summed E-state index contributed by atoms with van der Waals surface area (Å²) in [5.74, 6) is 0. The number of allylic oxidation sites excluding steroid dienone is 2. The third kappa shape index (κ3) is 20.0. The van der Waals surface area contributed by atoms with Gasteiger partial charge < -0.3 is 5.11 Å². The zero-order valence-corrected chi connectivity index (χ0v) is 13.2. The summed E-state index contributed by atoms with van der Waals surface area (Å²) < 4.78 is 0. The van der Waals surface area contributed by atoms with E-state index in [1.54, 1.807) is 0 Å². The maximum atomic E-state index is 8.66. The van der Waals surface area contributed by atoms with Crippen molar-refractivity contribution in [3.63, 3.8) is 0 Å². The lowest BCUT2D eigenvalue weighted by atomic mass is 10.1. The summed E-state index contributed by atoms with van der Waals surface area (Å²) in [5, 5.41) is 8.66. The molecule has 20 heavy (non-hydrogen) atoms.